The van der Waals surface area contributed by atoms with Crippen LogP contribution in [0.2, 0.25) is 0 Å². The van der Waals surface area contributed by atoms with Crippen LogP contribution in [0.1, 0.15) is 18.1 Å². The molecule has 0 radical (unpaired) electrons. The average molecular weight is 451 g/mol. The first kappa shape index (κ1) is 21.6. The summed E-state index contributed by atoms with van der Waals surface area (Å²) in [7, 11) is 0. The second-order valence-electron chi connectivity index (χ2n) is 8.77. The van der Waals surface area contributed by atoms with Crippen molar-refractivity contribution >= 4 is 28.6 Å². The first-order chi connectivity index (χ1) is 16.1. The van der Waals surface area contributed by atoms with E-state index in [2.05, 4.69) is 59.5 Å². The molecule has 2 aliphatic heterocycles. The molecular formula is C23H30N8O2. The Balaban J connectivity index is 1.20. The number of nitrogens with one attached hydrogen (secondary N) is 2. The zero-order chi connectivity index (χ0) is 22.8. The van der Waals surface area contributed by atoms with Crippen molar-refractivity contribution in [2.24, 2.45) is 0 Å². The Morgan fingerprint density at radius 2 is 1.94 bits per heavy atom. The highest BCUT2D eigenvalue weighted by atomic mass is 16.3. The number of nitrogens with zero attached hydrogens (tertiary/aromatic N) is 6. The molecule has 1 aromatic carbocycles. The van der Waals surface area contributed by atoms with Crippen LogP contribution in [0.25, 0.3) is 11.0 Å². The molecule has 174 valence electrons. The number of rotatable bonds is 6. The summed E-state index contributed by atoms with van der Waals surface area (Å²) in [5.41, 5.74) is 4.21. The summed E-state index contributed by atoms with van der Waals surface area (Å²) in [6, 6.07) is 8.51. The fourth-order valence-electron chi connectivity index (χ4n) is 4.71. The zero-order valence-electron chi connectivity index (χ0n) is 18.9. The molecule has 1 atom stereocenters. The van der Waals surface area contributed by atoms with Crippen LogP contribution in [0, 0.1) is 0 Å². The number of aliphatic hydroxyl groups is 1. The number of fused-ring (bicyclic) bond motifs is 2. The van der Waals surface area contributed by atoms with Gasteiger partial charge in [-0.05, 0) is 17.5 Å². The third-order valence-electron chi connectivity index (χ3n) is 6.54. The Labute approximate surface area is 192 Å². The molecular weight excluding hydrogens is 420 g/mol. The first-order valence-corrected chi connectivity index (χ1v) is 11.5. The van der Waals surface area contributed by atoms with E-state index < -0.39 is 6.10 Å². The average Bonchev–Trinajstić information content (AvgIpc) is 3.26. The van der Waals surface area contributed by atoms with Crippen LogP contribution >= 0.6 is 0 Å². The van der Waals surface area contributed by atoms with Gasteiger partial charge in [-0.2, -0.15) is 5.10 Å². The fourth-order valence-corrected chi connectivity index (χ4v) is 4.71. The minimum Gasteiger partial charge on any atom is -0.390 e. The van der Waals surface area contributed by atoms with Gasteiger partial charge in [-0.25, -0.2) is 9.97 Å². The molecule has 0 aliphatic carbocycles. The smallest absolute Gasteiger partial charge is 0.219 e. The third kappa shape index (κ3) is 4.62. The van der Waals surface area contributed by atoms with E-state index in [1.165, 1.54) is 17.5 Å². The highest BCUT2D eigenvalue weighted by molar-refractivity contribution is 5.93. The quantitative estimate of drug-likeness (QED) is 0.507. The van der Waals surface area contributed by atoms with Gasteiger partial charge in [-0.15, -0.1) is 0 Å². The number of benzene rings is 1. The van der Waals surface area contributed by atoms with Gasteiger partial charge in [0.05, 0.1) is 6.10 Å². The van der Waals surface area contributed by atoms with Crippen molar-refractivity contribution in [3.05, 3.63) is 41.7 Å². The molecule has 5 rings (SSSR count). The number of anilines is 2. The lowest BCUT2D eigenvalue weighted by Crippen LogP contribution is -2.48. The Hall–Kier alpha value is -3.24. The van der Waals surface area contributed by atoms with Crippen LogP contribution in [0.5, 0.6) is 0 Å². The Kier molecular flexibility index (Phi) is 6.10. The molecule has 1 saturated heterocycles. The number of hydrogen-bond acceptors (Lipinski definition) is 8. The van der Waals surface area contributed by atoms with Gasteiger partial charge in [0.25, 0.3) is 0 Å². The lowest BCUT2D eigenvalue weighted by molar-refractivity contribution is -0.129. The Bertz CT molecular complexity index is 1120. The second kappa shape index (κ2) is 9.32. The number of H-pyrrole nitrogens is 1. The molecule has 0 saturated carbocycles. The van der Waals surface area contributed by atoms with Crippen molar-refractivity contribution in [2.75, 3.05) is 56.0 Å². The highest BCUT2D eigenvalue weighted by Crippen LogP contribution is 2.26. The number of aliphatic hydroxyl groups excluding tert-OH is 1. The molecule has 1 fully saturated rings. The van der Waals surface area contributed by atoms with Gasteiger partial charge >= 0.3 is 0 Å². The molecule has 1 amide bonds. The van der Waals surface area contributed by atoms with E-state index in [1.54, 1.807) is 6.92 Å². The molecule has 10 heteroatoms. The van der Waals surface area contributed by atoms with Gasteiger partial charge in [-0.3, -0.25) is 14.8 Å². The molecule has 2 aromatic heterocycles. The molecule has 3 aromatic rings. The van der Waals surface area contributed by atoms with Gasteiger partial charge in [0, 0.05) is 59.3 Å². The lowest BCUT2D eigenvalue weighted by Gasteiger charge is -2.34. The fraction of sp³-hybridized carbons (Fsp3) is 0.478. The van der Waals surface area contributed by atoms with E-state index >= 15 is 0 Å². The van der Waals surface area contributed by atoms with Gasteiger partial charge < -0.3 is 20.2 Å². The maximum absolute atomic E-state index is 11.6. The van der Waals surface area contributed by atoms with Crippen molar-refractivity contribution in [1.29, 1.82) is 0 Å². The maximum Gasteiger partial charge on any atom is 0.219 e. The second-order valence-corrected chi connectivity index (χ2v) is 8.77. The van der Waals surface area contributed by atoms with Crippen molar-refractivity contribution in [3.8, 4) is 0 Å². The number of aromatic amines is 1. The van der Waals surface area contributed by atoms with E-state index in [0.29, 0.717) is 50.6 Å². The van der Waals surface area contributed by atoms with Gasteiger partial charge in [-0.1, -0.05) is 24.3 Å². The van der Waals surface area contributed by atoms with Gasteiger partial charge in [0.1, 0.15) is 17.4 Å². The van der Waals surface area contributed by atoms with Crippen molar-refractivity contribution in [2.45, 2.75) is 26.0 Å². The van der Waals surface area contributed by atoms with Crippen molar-refractivity contribution < 1.29 is 9.90 Å². The summed E-state index contributed by atoms with van der Waals surface area (Å²) >= 11 is 0. The SMILES string of the molecule is CC(=O)N1CCN(c2ncnc3c(NC[C@H](O)CN4CCc5ccccc5C4)n[nH]c23)CC1. The molecule has 33 heavy (non-hydrogen) atoms. The molecule has 3 N–H and O–H groups in total. The van der Waals surface area contributed by atoms with E-state index in [4.69, 9.17) is 0 Å². The van der Waals surface area contributed by atoms with E-state index in [-0.39, 0.29) is 5.91 Å². The highest BCUT2D eigenvalue weighted by Gasteiger charge is 2.23. The predicted octanol–water partition coefficient (Wildman–Crippen LogP) is 0.853. The monoisotopic (exact) mass is 450 g/mol. The van der Waals surface area contributed by atoms with Gasteiger partial charge in [0.2, 0.25) is 5.91 Å². The number of carbonyl (C=O) groups is 1. The van der Waals surface area contributed by atoms with E-state index in [9.17, 15) is 9.90 Å². The number of carbonyl (C=O) groups excluding carboxylic acids is 1. The summed E-state index contributed by atoms with van der Waals surface area (Å²) in [5.74, 6) is 1.50. The Morgan fingerprint density at radius 3 is 2.73 bits per heavy atom. The number of amides is 1. The lowest BCUT2D eigenvalue weighted by atomic mass is 10.00. The zero-order valence-corrected chi connectivity index (χ0v) is 18.9. The first-order valence-electron chi connectivity index (χ1n) is 11.5. The molecule has 0 spiro atoms. The number of β-amino-alcohol motifs (C(OH)–C–C–N with tert-alkyl or cyclic N) is 1. The molecule has 0 bridgehead atoms. The van der Waals surface area contributed by atoms with Crippen molar-refractivity contribution in [3.63, 3.8) is 0 Å². The molecule has 2 aliphatic rings. The number of hydrogen-bond donors (Lipinski definition) is 3. The number of piperazine rings is 1. The summed E-state index contributed by atoms with van der Waals surface area (Å²) in [6.45, 7) is 7.18. The molecule has 0 unspecified atom stereocenters. The summed E-state index contributed by atoms with van der Waals surface area (Å²) < 4.78 is 0. The van der Waals surface area contributed by atoms with Crippen LogP contribution in [-0.2, 0) is 17.8 Å². The number of aromatic nitrogens is 4. The predicted molar refractivity (Wildman–Crippen MR) is 126 cm³/mol. The van der Waals surface area contributed by atoms with Crippen LogP contribution < -0.4 is 10.2 Å². The van der Waals surface area contributed by atoms with E-state index in [0.717, 1.165) is 30.8 Å². The Morgan fingerprint density at radius 1 is 1.15 bits per heavy atom. The normalized spacial score (nSPS) is 17.8. The van der Waals surface area contributed by atoms with Crippen molar-refractivity contribution in [1.82, 2.24) is 30.0 Å². The van der Waals surface area contributed by atoms with Gasteiger partial charge in [0.15, 0.2) is 11.6 Å². The van der Waals surface area contributed by atoms with Crippen LogP contribution in [0.15, 0.2) is 30.6 Å². The molecule has 4 heterocycles. The minimum absolute atomic E-state index is 0.0998. The molecule has 10 nitrogen and oxygen atoms in total. The standard InChI is InChI=1S/C23H30N8O2/c1-16(32)30-8-10-31(11-9-30)23-21-20(25-15-26-23)22(28-27-21)24-12-19(33)14-29-7-6-17-4-2-3-5-18(17)13-29/h2-5,15,19,33H,6-14H2,1H3,(H2,24,27,28)/t19-/m0/s1. The maximum atomic E-state index is 11.6. The van der Waals surface area contributed by atoms with E-state index in [1.807, 2.05) is 4.90 Å². The van der Waals surface area contributed by atoms with Crippen LogP contribution in [0.4, 0.5) is 11.6 Å². The minimum atomic E-state index is -0.525. The topological polar surface area (TPSA) is 114 Å². The van der Waals surface area contributed by atoms with Crippen LogP contribution in [-0.4, -0.2) is 92.9 Å². The summed E-state index contributed by atoms with van der Waals surface area (Å²) in [5, 5.41) is 21.3. The summed E-state index contributed by atoms with van der Waals surface area (Å²) in [4.78, 5) is 26.7. The largest absolute Gasteiger partial charge is 0.390 e. The third-order valence-corrected chi connectivity index (χ3v) is 6.54. The van der Waals surface area contributed by atoms with Crippen LogP contribution in [0.3, 0.4) is 0 Å². The summed E-state index contributed by atoms with van der Waals surface area (Å²) in [6.07, 6.45) is 2.03.